The molecule has 0 aromatic heterocycles. The molecule has 0 amide bonds. The van der Waals surface area contributed by atoms with Gasteiger partial charge < -0.3 is 14.8 Å². The standard InChI is InChI=1S/C13H25NO2S/c1-3-14-12(9-17-2)11-4-6-16-13(8-11)5-7-15-10-13/h11-12,14H,3-10H2,1-2H3. The normalized spacial score (nSPS) is 35.3. The Labute approximate surface area is 109 Å². The number of hydrogen-bond acceptors (Lipinski definition) is 4. The van der Waals surface area contributed by atoms with Crippen molar-refractivity contribution in [3.8, 4) is 0 Å². The van der Waals surface area contributed by atoms with Crippen LogP contribution in [0.4, 0.5) is 0 Å². The minimum Gasteiger partial charge on any atom is -0.378 e. The van der Waals surface area contributed by atoms with Crippen LogP contribution in [0.25, 0.3) is 0 Å². The van der Waals surface area contributed by atoms with Crippen LogP contribution < -0.4 is 5.32 Å². The number of ether oxygens (including phenoxy) is 2. The van der Waals surface area contributed by atoms with E-state index in [0.29, 0.717) is 6.04 Å². The van der Waals surface area contributed by atoms with Gasteiger partial charge in [-0.3, -0.25) is 0 Å². The summed E-state index contributed by atoms with van der Waals surface area (Å²) in [4.78, 5) is 0. The third-order valence-electron chi connectivity index (χ3n) is 3.98. The lowest BCUT2D eigenvalue weighted by atomic mass is 9.81. The van der Waals surface area contributed by atoms with Crippen molar-refractivity contribution >= 4 is 11.8 Å². The molecule has 0 aromatic rings. The first-order valence-corrected chi connectivity index (χ1v) is 8.13. The van der Waals surface area contributed by atoms with Crippen molar-refractivity contribution in [3.05, 3.63) is 0 Å². The second kappa shape index (κ2) is 6.41. The molecule has 3 unspecified atom stereocenters. The van der Waals surface area contributed by atoms with Gasteiger partial charge in [0, 0.05) is 31.4 Å². The van der Waals surface area contributed by atoms with Crippen LogP contribution in [0.5, 0.6) is 0 Å². The van der Waals surface area contributed by atoms with Gasteiger partial charge in [-0.15, -0.1) is 0 Å². The van der Waals surface area contributed by atoms with E-state index in [4.69, 9.17) is 9.47 Å². The predicted molar refractivity (Wildman–Crippen MR) is 72.7 cm³/mol. The molecule has 2 heterocycles. The largest absolute Gasteiger partial charge is 0.378 e. The molecule has 17 heavy (non-hydrogen) atoms. The molecule has 2 aliphatic heterocycles. The van der Waals surface area contributed by atoms with Gasteiger partial charge in [-0.25, -0.2) is 0 Å². The van der Waals surface area contributed by atoms with Gasteiger partial charge in [0.1, 0.15) is 0 Å². The first-order chi connectivity index (χ1) is 8.29. The Morgan fingerprint density at radius 2 is 2.35 bits per heavy atom. The topological polar surface area (TPSA) is 30.5 Å². The fraction of sp³-hybridized carbons (Fsp3) is 1.00. The highest BCUT2D eigenvalue weighted by Gasteiger charge is 2.42. The molecule has 2 aliphatic rings. The van der Waals surface area contributed by atoms with E-state index in [2.05, 4.69) is 18.5 Å². The summed E-state index contributed by atoms with van der Waals surface area (Å²) in [7, 11) is 0. The zero-order valence-corrected chi connectivity index (χ0v) is 11.9. The molecule has 0 radical (unpaired) electrons. The van der Waals surface area contributed by atoms with E-state index >= 15 is 0 Å². The molecule has 4 heteroatoms. The highest BCUT2D eigenvalue weighted by atomic mass is 32.2. The molecule has 0 aliphatic carbocycles. The van der Waals surface area contributed by atoms with Crippen LogP contribution >= 0.6 is 11.8 Å². The quantitative estimate of drug-likeness (QED) is 0.817. The van der Waals surface area contributed by atoms with Crippen molar-refractivity contribution in [3.63, 3.8) is 0 Å². The van der Waals surface area contributed by atoms with E-state index in [9.17, 15) is 0 Å². The molecule has 100 valence electrons. The van der Waals surface area contributed by atoms with Gasteiger partial charge in [-0.2, -0.15) is 11.8 Å². The van der Waals surface area contributed by atoms with E-state index < -0.39 is 0 Å². The average Bonchev–Trinajstić information content (AvgIpc) is 2.77. The second-order valence-corrected chi connectivity index (χ2v) is 6.12. The van der Waals surface area contributed by atoms with Crippen LogP contribution in [0, 0.1) is 5.92 Å². The Morgan fingerprint density at radius 3 is 3.00 bits per heavy atom. The van der Waals surface area contributed by atoms with Crippen LogP contribution in [0.15, 0.2) is 0 Å². The van der Waals surface area contributed by atoms with Gasteiger partial charge >= 0.3 is 0 Å². The summed E-state index contributed by atoms with van der Waals surface area (Å²) in [5, 5.41) is 3.64. The summed E-state index contributed by atoms with van der Waals surface area (Å²) in [6.07, 6.45) is 5.64. The van der Waals surface area contributed by atoms with Gasteiger partial charge in [0.25, 0.3) is 0 Å². The molecule has 0 saturated carbocycles. The monoisotopic (exact) mass is 259 g/mol. The fourth-order valence-electron chi connectivity index (χ4n) is 3.08. The maximum Gasteiger partial charge on any atom is 0.0939 e. The van der Waals surface area contributed by atoms with Crippen LogP contribution in [-0.2, 0) is 9.47 Å². The van der Waals surface area contributed by atoms with E-state index in [1.807, 2.05) is 11.8 Å². The minimum atomic E-state index is 0.0506. The zero-order chi connectivity index (χ0) is 12.1. The van der Waals surface area contributed by atoms with Gasteiger partial charge in [0.2, 0.25) is 0 Å². The Kier molecular flexibility index (Phi) is 5.15. The number of rotatable bonds is 5. The van der Waals surface area contributed by atoms with Gasteiger partial charge in [-0.05, 0) is 31.6 Å². The minimum absolute atomic E-state index is 0.0506. The first-order valence-electron chi connectivity index (χ1n) is 6.74. The molecule has 3 nitrogen and oxygen atoms in total. The van der Waals surface area contributed by atoms with Gasteiger partial charge in [0.15, 0.2) is 0 Å². The van der Waals surface area contributed by atoms with Crippen LogP contribution in [0.2, 0.25) is 0 Å². The summed E-state index contributed by atoms with van der Waals surface area (Å²) in [6, 6.07) is 0.636. The summed E-state index contributed by atoms with van der Waals surface area (Å²) in [6.45, 7) is 5.85. The molecule has 2 fully saturated rings. The van der Waals surface area contributed by atoms with Crippen molar-refractivity contribution in [2.45, 2.75) is 37.8 Å². The van der Waals surface area contributed by atoms with Crippen molar-refractivity contribution in [2.75, 3.05) is 38.4 Å². The van der Waals surface area contributed by atoms with E-state index in [-0.39, 0.29) is 5.60 Å². The van der Waals surface area contributed by atoms with Crippen molar-refractivity contribution in [1.82, 2.24) is 5.32 Å². The van der Waals surface area contributed by atoms with Crippen molar-refractivity contribution < 1.29 is 9.47 Å². The molecule has 2 rings (SSSR count). The number of thioether (sulfide) groups is 1. The third kappa shape index (κ3) is 3.37. The number of nitrogens with one attached hydrogen (secondary N) is 1. The maximum absolute atomic E-state index is 6.00. The lowest BCUT2D eigenvalue weighted by Gasteiger charge is -2.40. The summed E-state index contributed by atoms with van der Waals surface area (Å²) < 4.78 is 11.5. The van der Waals surface area contributed by atoms with Gasteiger partial charge in [0.05, 0.1) is 12.2 Å². The second-order valence-electron chi connectivity index (χ2n) is 5.21. The van der Waals surface area contributed by atoms with Crippen LogP contribution in [0.1, 0.15) is 26.2 Å². The highest BCUT2D eigenvalue weighted by Crippen LogP contribution is 2.37. The van der Waals surface area contributed by atoms with Crippen LogP contribution in [0.3, 0.4) is 0 Å². The Morgan fingerprint density at radius 1 is 1.47 bits per heavy atom. The average molecular weight is 259 g/mol. The summed E-state index contributed by atoms with van der Waals surface area (Å²) in [5.74, 6) is 1.95. The Hall–Kier alpha value is 0.230. The SMILES string of the molecule is CCNC(CSC)C1CCOC2(CCOC2)C1. The van der Waals surface area contributed by atoms with Crippen LogP contribution in [-0.4, -0.2) is 50.0 Å². The molecule has 0 bridgehead atoms. The molecule has 2 saturated heterocycles. The van der Waals surface area contributed by atoms with Gasteiger partial charge in [-0.1, -0.05) is 6.92 Å². The summed E-state index contributed by atoms with van der Waals surface area (Å²) in [5.41, 5.74) is 0.0506. The predicted octanol–water partition coefficient (Wildman–Crippen LogP) is 1.91. The fourth-order valence-corrected chi connectivity index (χ4v) is 3.82. The lowest BCUT2D eigenvalue weighted by Crippen LogP contribution is -2.48. The summed E-state index contributed by atoms with van der Waals surface area (Å²) >= 11 is 1.94. The van der Waals surface area contributed by atoms with Crippen molar-refractivity contribution in [1.29, 1.82) is 0 Å². The first kappa shape index (κ1) is 13.7. The molecule has 1 spiro atoms. The molecule has 1 N–H and O–H groups in total. The Bertz CT molecular complexity index is 225. The molecular formula is C13H25NO2S. The number of hydrogen-bond donors (Lipinski definition) is 1. The Balaban J connectivity index is 1.94. The van der Waals surface area contributed by atoms with E-state index in [1.165, 1.54) is 18.6 Å². The van der Waals surface area contributed by atoms with Crippen molar-refractivity contribution in [2.24, 2.45) is 5.92 Å². The maximum atomic E-state index is 6.00. The molecule has 3 atom stereocenters. The molecule has 0 aromatic carbocycles. The molecular weight excluding hydrogens is 234 g/mol. The smallest absolute Gasteiger partial charge is 0.0939 e. The highest BCUT2D eigenvalue weighted by molar-refractivity contribution is 7.98. The third-order valence-corrected chi connectivity index (χ3v) is 4.67. The van der Waals surface area contributed by atoms with E-state index in [0.717, 1.165) is 38.7 Å². The van der Waals surface area contributed by atoms with E-state index in [1.54, 1.807) is 0 Å². The zero-order valence-electron chi connectivity index (χ0n) is 11.0. The lowest BCUT2D eigenvalue weighted by molar-refractivity contribution is -0.102.